The molecular formula is C12H25NO. The molecule has 0 radical (unpaired) electrons. The molecule has 0 amide bonds. The highest BCUT2D eigenvalue weighted by Crippen LogP contribution is 2.30. The smallest absolute Gasteiger partial charge is 0.0582 e. The zero-order valence-electron chi connectivity index (χ0n) is 9.79. The fourth-order valence-corrected chi connectivity index (χ4v) is 2.58. The molecule has 1 aliphatic carbocycles. The zero-order valence-corrected chi connectivity index (χ0v) is 9.79. The molecule has 84 valence electrons. The highest BCUT2D eigenvalue weighted by atomic mass is 16.3. The molecule has 1 saturated carbocycles. The van der Waals surface area contributed by atoms with Crippen molar-refractivity contribution >= 4 is 0 Å². The van der Waals surface area contributed by atoms with E-state index in [4.69, 9.17) is 5.11 Å². The standard InChI is InChI=1S/C12H25NO/c1-9(2)11-6-4-5-7-12(11)13-10(3)8-14/h9-14H,4-8H2,1-3H3. The van der Waals surface area contributed by atoms with Gasteiger partial charge in [-0.2, -0.15) is 0 Å². The van der Waals surface area contributed by atoms with E-state index in [0.29, 0.717) is 6.04 Å². The van der Waals surface area contributed by atoms with Crippen LogP contribution in [0.5, 0.6) is 0 Å². The maximum Gasteiger partial charge on any atom is 0.0582 e. The molecule has 2 nitrogen and oxygen atoms in total. The first kappa shape index (κ1) is 12.0. The summed E-state index contributed by atoms with van der Waals surface area (Å²) in [6.07, 6.45) is 5.37. The summed E-state index contributed by atoms with van der Waals surface area (Å²) < 4.78 is 0. The first-order valence-electron chi connectivity index (χ1n) is 6.02. The van der Waals surface area contributed by atoms with Crippen LogP contribution in [0.1, 0.15) is 46.5 Å². The Balaban J connectivity index is 2.45. The van der Waals surface area contributed by atoms with E-state index in [1.54, 1.807) is 0 Å². The largest absolute Gasteiger partial charge is 0.395 e. The minimum Gasteiger partial charge on any atom is -0.395 e. The molecule has 1 fully saturated rings. The second kappa shape index (κ2) is 5.72. The van der Waals surface area contributed by atoms with Crippen LogP contribution < -0.4 is 5.32 Å². The van der Waals surface area contributed by atoms with Crippen molar-refractivity contribution in [2.24, 2.45) is 11.8 Å². The van der Waals surface area contributed by atoms with E-state index in [1.807, 2.05) is 0 Å². The topological polar surface area (TPSA) is 32.3 Å². The average molecular weight is 199 g/mol. The molecule has 2 heteroatoms. The van der Waals surface area contributed by atoms with Gasteiger partial charge in [-0.25, -0.2) is 0 Å². The molecule has 0 saturated heterocycles. The molecule has 3 unspecified atom stereocenters. The van der Waals surface area contributed by atoms with Gasteiger partial charge in [0.15, 0.2) is 0 Å². The molecule has 0 aliphatic heterocycles. The Morgan fingerprint density at radius 1 is 1.21 bits per heavy atom. The Hall–Kier alpha value is -0.0800. The average Bonchev–Trinajstić information content (AvgIpc) is 2.18. The van der Waals surface area contributed by atoms with Crippen LogP contribution in [-0.2, 0) is 0 Å². The van der Waals surface area contributed by atoms with Crippen molar-refractivity contribution in [3.8, 4) is 0 Å². The van der Waals surface area contributed by atoms with Crippen LogP contribution in [-0.4, -0.2) is 23.8 Å². The molecule has 0 bridgehead atoms. The van der Waals surface area contributed by atoms with E-state index in [0.717, 1.165) is 11.8 Å². The fourth-order valence-electron chi connectivity index (χ4n) is 2.58. The SMILES string of the molecule is CC(CO)NC1CCCCC1C(C)C. The lowest BCUT2D eigenvalue weighted by molar-refractivity contribution is 0.168. The summed E-state index contributed by atoms with van der Waals surface area (Å²) in [5, 5.41) is 12.6. The summed E-state index contributed by atoms with van der Waals surface area (Å²) >= 11 is 0. The van der Waals surface area contributed by atoms with Crippen molar-refractivity contribution in [2.45, 2.75) is 58.5 Å². The summed E-state index contributed by atoms with van der Waals surface area (Å²) in [4.78, 5) is 0. The highest BCUT2D eigenvalue weighted by Gasteiger charge is 2.27. The van der Waals surface area contributed by atoms with Gasteiger partial charge in [-0.15, -0.1) is 0 Å². The molecule has 1 rings (SSSR count). The van der Waals surface area contributed by atoms with Crippen LogP contribution in [0, 0.1) is 11.8 Å². The third-order valence-electron chi connectivity index (χ3n) is 3.45. The van der Waals surface area contributed by atoms with Gasteiger partial charge >= 0.3 is 0 Å². The predicted molar refractivity (Wildman–Crippen MR) is 60.3 cm³/mol. The molecule has 0 aromatic rings. The van der Waals surface area contributed by atoms with E-state index in [2.05, 4.69) is 26.1 Å². The van der Waals surface area contributed by atoms with Crippen LogP contribution in [0.3, 0.4) is 0 Å². The van der Waals surface area contributed by atoms with Crippen molar-refractivity contribution in [2.75, 3.05) is 6.61 Å². The Morgan fingerprint density at radius 3 is 2.43 bits per heavy atom. The van der Waals surface area contributed by atoms with E-state index in [-0.39, 0.29) is 12.6 Å². The van der Waals surface area contributed by atoms with Gasteiger partial charge in [-0.1, -0.05) is 26.7 Å². The molecule has 2 N–H and O–H groups in total. The van der Waals surface area contributed by atoms with Crippen molar-refractivity contribution in [3.05, 3.63) is 0 Å². The zero-order chi connectivity index (χ0) is 10.6. The Labute approximate surface area is 88.1 Å². The summed E-state index contributed by atoms with van der Waals surface area (Å²) in [5.41, 5.74) is 0. The maximum absolute atomic E-state index is 9.03. The normalized spacial score (nSPS) is 30.6. The van der Waals surface area contributed by atoms with Gasteiger partial charge in [0, 0.05) is 12.1 Å². The third kappa shape index (κ3) is 3.25. The molecule has 0 aromatic carbocycles. The predicted octanol–water partition coefficient (Wildman–Crippen LogP) is 2.17. The maximum atomic E-state index is 9.03. The minimum atomic E-state index is 0.249. The third-order valence-corrected chi connectivity index (χ3v) is 3.45. The Kier molecular flexibility index (Phi) is 4.90. The molecule has 1 aliphatic rings. The van der Waals surface area contributed by atoms with Crippen LogP contribution in [0.2, 0.25) is 0 Å². The van der Waals surface area contributed by atoms with Gasteiger partial charge in [0.05, 0.1) is 6.61 Å². The van der Waals surface area contributed by atoms with E-state index in [1.165, 1.54) is 25.7 Å². The lowest BCUT2D eigenvalue weighted by atomic mass is 9.77. The number of hydrogen-bond donors (Lipinski definition) is 2. The first-order valence-corrected chi connectivity index (χ1v) is 6.02. The van der Waals surface area contributed by atoms with Gasteiger partial charge in [0.2, 0.25) is 0 Å². The second-order valence-corrected chi connectivity index (χ2v) is 5.05. The van der Waals surface area contributed by atoms with Crippen LogP contribution >= 0.6 is 0 Å². The fraction of sp³-hybridized carbons (Fsp3) is 1.00. The number of nitrogens with one attached hydrogen (secondary N) is 1. The van der Waals surface area contributed by atoms with Gasteiger partial charge in [0.25, 0.3) is 0 Å². The van der Waals surface area contributed by atoms with Crippen molar-refractivity contribution in [3.63, 3.8) is 0 Å². The summed E-state index contributed by atoms with van der Waals surface area (Å²) in [6.45, 7) is 6.94. The summed E-state index contributed by atoms with van der Waals surface area (Å²) in [5.74, 6) is 1.57. The van der Waals surface area contributed by atoms with Gasteiger partial charge in [0.1, 0.15) is 0 Å². The van der Waals surface area contributed by atoms with Gasteiger partial charge in [-0.3, -0.25) is 0 Å². The van der Waals surface area contributed by atoms with Crippen LogP contribution in [0.4, 0.5) is 0 Å². The lowest BCUT2D eigenvalue weighted by Gasteiger charge is -2.36. The lowest BCUT2D eigenvalue weighted by Crippen LogP contribution is -2.46. The number of aliphatic hydroxyl groups excluding tert-OH is 1. The van der Waals surface area contributed by atoms with E-state index < -0.39 is 0 Å². The molecule has 3 atom stereocenters. The molecule has 14 heavy (non-hydrogen) atoms. The van der Waals surface area contributed by atoms with E-state index >= 15 is 0 Å². The Morgan fingerprint density at radius 2 is 1.86 bits per heavy atom. The van der Waals surface area contributed by atoms with Gasteiger partial charge < -0.3 is 10.4 Å². The number of rotatable bonds is 4. The number of aliphatic hydroxyl groups is 1. The van der Waals surface area contributed by atoms with Crippen molar-refractivity contribution in [1.29, 1.82) is 0 Å². The molecule has 0 heterocycles. The Bertz CT molecular complexity index is 158. The van der Waals surface area contributed by atoms with Crippen LogP contribution in [0.25, 0.3) is 0 Å². The first-order chi connectivity index (χ1) is 6.65. The van der Waals surface area contributed by atoms with Crippen molar-refractivity contribution < 1.29 is 5.11 Å². The minimum absolute atomic E-state index is 0.249. The summed E-state index contributed by atoms with van der Waals surface area (Å²) in [7, 11) is 0. The van der Waals surface area contributed by atoms with Crippen LogP contribution in [0.15, 0.2) is 0 Å². The molecular weight excluding hydrogens is 174 g/mol. The second-order valence-electron chi connectivity index (χ2n) is 5.05. The van der Waals surface area contributed by atoms with Gasteiger partial charge in [-0.05, 0) is 31.6 Å². The molecule has 0 spiro atoms. The number of hydrogen-bond acceptors (Lipinski definition) is 2. The summed E-state index contributed by atoms with van der Waals surface area (Å²) in [6, 6.07) is 0.880. The quantitative estimate of drug-likeness (QED) is 0.727. The van der Waals surface area contributed by atoms with E-state index in [9.17, 15) is 0 Å². The molecule has 0 aromatic heterocycles. The van der Waals surface area contributed by atoms with Crippen molar-refractivity contribution in [1.82, 2.24) is 5.32 Å². The highest BCUT2D eigenvalue weighted by molar-refractivity contribution is 4.84. The monoisotopic (exact) mass is 199 g/mol.